The fraction of sp³-hybridized carbons (Fsp3) is 0.0714. The summed E-state index contributed by atoms with van der Waals surface area (Å²) in [5, 5.41) is 13.6. The molecule has 108 valence electrons. The van der Waals surface area contributed by atoms with Crippen molar-refractivity contribution in [3.05, 3.63) is 69.0 Å². The molecule has 0 bridgehead atoms. The zero-order chi connectivity index (χ0) is 15.4. The molecule has 2 aromatic rings. The van der Waals surface area contributed by atoms with E-state index in [9.17, 15) is 19.3 Å². The standard InChI is InChI=1S/C14H10ClFN2O3/c15-10-3-6-12(13(8-10)18(20)21)17-14(19)7-9-1-4-11(16)5-2-9/h1-6,8H,7H2,(H,17,19). The number of anilines is 1. The lowest BCUT2D eigenvalue weighted by Gasteiger charge is -2.06. The number of carbonyl (C=O) groups is 1. The summed E-state index contributed by atoms with van der Waals surface area (Å²) in [7, 11) is 0. The number of benzene rings is 2. The molecule has 0 aromatic heterocycles. The van der Waals surface area contributed by atoms with Crippen molar-refractivity contribution in [2.45, 2.75) is 6.42 Å². The topological polar surface area (TPSA) is 72.2 Å². The third-order valence-electron chi connectivity index (χ3n) is 2.71. The van der Waals surface area contributed by atoms with Gasteiger partial charge in [0, 0.05) is 11.1 Å². The molecule has 1 amide bonds. The zero-order valence-electron chi connectivity index (χ0n) is 10.7. The van der Waals surface area contributed by atoms with Gasteiger partial charge >= 0.3 is 0 Å². The summed E-state index contributed by atoms with van der Waals surface area (Å²) in [6.45, 7) is 0. The maximum absolute atomic E-state index is 12.8. The fourth-order valence-electron chi connectivity index (χ4n) is 1.74. The van der Waals surface area contributed by atoms with Gasteiger partial charge in [-0.05, 0) is 29.8 Å². The van der Waals surface area contributed by atoms with Gasteiger partial charge in [0.05, 0.1) is 11.3 Å². The summed E-state index contributed by atoms with van der Waals surface area (Å²) < 4.78 is 12.8. The van der Waals surface area contributed by atoms with Crippen LogP contribution in [0.1, 0.15) is 5.56 Å². The molecule has 0 radical (unpaired) electrons. The Balaban J connectivity index is 2.12. The molecule has 0 spiro atoms. The first-order valence-corrected chi connectivity index (χ1v) is 6.32. The molecule has 0 unspecified atom stereocenters. The number of halogens is 2. The summed E-state index contributed by atoms with van der Waals surface area (Å²) in [6.07, 6.45) is -0.0138. The maximum atomic E-state index is 12.8. The average Bonchev–Trinajstić information content (AvgIpc) is 2.43. The van der Waals surface area contributed by atoms with E-state index in [1.54, 1.807) is 0 Å². The number of hydrogen-bond acceptors (Lipinski definition) is 3. The Hall–Kier alpha value is -2.47. The smallest absolute Gasteiger partial charge is 0.294 e. The van der Waals surface area contributed by atoms with Crippen LogP contribution < -0.4 is 5.32 Å². The number of hydrogen-bond donors (Lipinski definition) is 1. The number of nitro benzene ring substituents is 1. The molecule has 0 atom stereocenters. The Morgan fingerprint density at radius 1 is 1.24 bits per heavy atom. The van der Waals surface area contributed by atoms with Crippen molar-refractivity contribution in [2.24, 2.45) is 0 Å². The van der Waals surface area contributed by atoms with Gasteiger partial charge in [0.25, 0.3) is 5.69 Å². The lowest BCUT2D eigenvalue weighted by Crippen LogP contribution is -2.15. The van der Waals surface area contributed by atoms with Gasteiger partial charge in [0.1, 0.15) is 11.5 Å². The number of amides is 1. The predicted octanol–water partition coefficient (Wildman–Crippen LogP) is 3.57. The molecule has 5 nitrogen and oxygen atoms in total. The van der Waals surface area contributed by atoms with Crippen molar-refractivity contribution in [1.29, 1.82) is 0 Å². The molecule has 0 aliphatic rings. The van der Waals surface area contributed by atoms with Gasteiger partial charge < -0.3 is 5.32 Å². The first-order valence-electron chi connectivity index (χ1n) is 5.94. The van der Waals surface area contributed by atoms with Gasteiger partial charge in [-0.15, -0.1) is 0 Å². The third-order valence-corrected chi connectivity index (χ3v) is 2.94. The van der Waals surface area contributed by atoms with Gasteiger partial charge in [-0.1, -0.05) is 23.7 Å². The monoisotopic (exact) mass is 308 g/mol. The maximum Gasteiger partial charge on any atom is 0.294 e. The van der Waals surface area contributed by atoms with E-state index in [1.807, 2.05) is 0 Å². The Kier molecular flexibility index (Phi) is 4.49. The van der Waals surface area contributed by atoms with E-state index < -0.39 is 16.6 Å². The second-order valence-corrected chi connectivity index (χ2v) is 4.71. The number of carbonyl (C=O) groups excluding carboxylic acids is 1. The molecular weight excluding hydrogens is 299 g/mol. The molecule has 0 saturated heterocycles. The molecule has 0 heterocycles. The van der Waals surface area contributed by atoms with Crippen LogP contribution in [0.4, 0.5) is 15.8 Å². The van der Waals surface area contributed by atoms with Crippen LogP contribution in [-0.2, 0) is 11.2 Å². The number of nitro groups is 1. The molecule has 1 N–H and O–H groups in total. The SMILES string of the molecule is O=C(Cc1ccc(F)cc1)Nc1ccc(Cl)cc1[N+](=O)[O-]. The number of nitrogens with zero attached hydrogens (tertiary/aromatic N) is 1. The van der Waals surface area contributed by atoms with E-state index in [-0.39, 0.29) is 22.8 Å². The van der Waals surface area contributed by atoms with E-state index in [2.05, 4.69) is 5.32 Å². The van der Waals surface area contributed by atoms with E-state index in [0.29, 0.717) is 5.56 Å². The predicted molar refractivity (Wildman–Crippen MR) is 76.8 cm³/mol. The van der Waals surface area contributed by atoms with Crippen LogP contribution in [0.25, 0.3) is 0 Å². The van der Waals surface area contributed by atoms with Crippen LogP contribution in [0, 0.1) is 15.9 Å². The zero-order valence-corrected chi connectivity index (χ0v) is 11.4. The minimum Gasteiger partial charge on any atom is -0.320 e. The summed E-state index contributed by atoms with van der Waals surface area (Å²) in [5.74, 6) is -0.834. The normalized spacial score (nSPS) is 10.2. The van der Waals surface area contributed by atoms with Crippen molar-refractivity contribution in [3.8, 4) is 0 Å². The molecule has 0 aliphatic heterocycles. The van der Waals surface area contributed by atoms with Crippen LogP contribution in [-0.4, -0.2) is 10.8 Å². The summed E-state index contributed by atoms with van der Waals surface area (Å²) >= 11 is 5.69. The molecule has 0 fully saturated rings. The summed E-state index contributed by atoms with van der Waals surface area (Å²) in [5.41, 5.74) is 0.386. The van der Waals surface area contributed by atoms with Crippen molar-refractivity contribution < 1.29 is 14.1 Å². The van der Waals surface area contributed by atoms with E-state index in [1.165, 1.54) is 36.4 Å². The van der Waals surface area contributed by atoms with Crippen LogP contribution in [0.15, 0.2) is 42.5 Å². The molecular formula is C14H10ClFN2O3. The third kappa shape index (κ3) is 4.00. The highest BCUT2D eigenvalue weighted by Crippen LogP contribution is 2.27. The molecule has 21 heavy (non-hydrogen) atoms. The molecule has 0 saturated carbocycles. The van der Waals surface area contributed by atoms with Crippen LogP contribution >= 0.6 is 11.6 Å². The van der Waals surface area contributed by atoms with Crippen molar-refractivity contribution in [1.82, 2.24) is 0 Å². The first kappa shape index (κ1) is 14.9. The van der Waals surface area contributed by atoms with Crippen molar-refractivity contribution >= 4 is 28.9 Å². The minimum absolute atomic E-state index is 0.0138. The Bertz CT molecular complexity index is 689. The first-order chi connectivity index (χ1) is 9.95. The summed E-state index contributed by atoms with van der Waals surface area (Å²) in [4.78, 5) is 22.1. The second-order valence-electron chi connectivity index (χ2n) is 4.27. The molecule has 7 heteroatoms. The minimum atomic E-state index is -0.626. The largest absolute Gasteiger partial charge is 0.320 e. The molecule has 0 aliphatic carbocycles. The lowest BCUT2D eigenvalue weighted by atomic mass is 10.1. The molecule has 2 rings (SSSR count). The van der Waals surface area contributed by atoms with Crippen LogP contribution in [0.2, 0.25) is 5.02 Å². The second kappa shape index (κ2) is 6.32. The average molecular weight is 309 g/mol. The highest BCUT2D eigenvalue weighted by Gasteiger charge is 2.16. The number of rotatable bonds is 4. The highest BCUT2D eigenvalue weighted by atomic mass is 35.5. The Morgan fingerprint density at radius 2 is 1.90 bits per heavy atom. The Morgan fingerprint density at radius 3 is 2.52 bits per heavy atom. The summed E-state index contributed by atoms with van der Waals surface area (Å²) in [6, 6.07) is 9.41. The quantitative estimate of drug-likeness (QED) is 0.693. The molecule has 2 aromatic carbocycles. The van der Waals surface area contributed by atoms with Crippen LogP contribution in [0.3, 0.4) is 0 Å². The van der Waals surface area contributed by atoms with Gasteiger partial charge in [-0.3, -0.25) is 14.9 Å². The van der Waals surface area contributed by atoms with E-state index in [0.717, 1.165) is 6.07 Å². The van der Waals surface area contributed by atoms with Gasteiger partial charge in [-0.25, -0.2) is 4.39 Å². The van der Waals surface area contributed by atoms with Gasteiger partial charge in [0.15, 0.2) is 0 Å². The Labute approximate surface area is 124 Å². The van der Waals surface area contributed by atoms with Crippen LogP contribution in [0.5, 0.6) is 0 Å². The lowest BCUT2D eigenvalue weighted by molar-refractivity contribution is -0.383. The van der Waals surface area contributed by atoms with Gasteiger partial charge in [-0.2, -0.15) is 0 Å². The van der Waals surface area contributed by atoms with E-state index >= 15 is 0 Å². The van der Waals surface area contributed by atoms with Crippen molar-refractivity contribution in [3.63, 3.8) is 0 Å². The number of nitrogens with one attached hydrogen (secondary N) is 1. The van der Waals surface area contributed by atoms with Gasteiger partial charge in [0.2, 0.25) is 5.91 Å². The fourth-order valence-corrected chi connectivity index (χ4v) is 1.91. The van der Waals surface area contributed by atoms with E-state index in [4.69, 9.17) is 11.6 Å². The highest BCUT2D eigenvalue weighted by molar-refractivity contribution is 6.31. The van der Waals surface area contributed by atoms with Crippen molar-refractivity contribution in [2.75, 3.05) is 5.32 Å².